The fraction of sp³-hybridized carbons (Fsp3) is 0.659. The van der Waals surface area contributed by atoms with Gasteiger partial charge in [0, 0.05) is 25.2 Å². The molecule has 2 aliphatic heterocycles. The number of epoxide rings is 1. The van der Waals surface area contributed by atoms with Gasteiger partial charge in [-0.3, -0.25) is 9.59 Å². The normalized spacial score (nSPS) is 35.5. The molecule has 22 heteroatoms. The molecule has 0 aromatic heterocycles. The number of hydrogen-bond donors (Lipinski definition) is 1. The smallest absolute Gasteiger partial charge is 0.456 e. The van der Waals surface area contributed by atoms with Crippen LogP contribution in [0.5, 0.6) is 0 Å². The van der Waals surface area contributed by atoms with E-state index in [4.69, 9.17) is 112 Å². The molecule has 1 aromatic carbocycles. The lowest BCUT2D eigenvalue weighted by molar-refractivity contribution is -0.346. The Kier molecular flexibility index (Phi) is 13.1. The number of benzene rings is 1. The highest BCUT2D eigenvalue weighted by Crippen LogP contribution is 2.65. The zero-order valence-electron chi connectivity index (χ0n) is 34.4. The van der Waals surface area contributed by atoms with Gasteiger partial charge in [0.15, 0.2) is 23.6 Å². The second-order valence-corrected chi connectivity index (χ2v) is 22.5. The summed E-state index contributed by atoms with van der Waals surface area (Å²) in [5.41, 5.74) is -8.35. The molecule has 2 bridgehead atoms. The molecule has 2 saturated heterocycles. The van der Waals surface area contributed by atoms with Gasteiger partial charge in [0.25, 0.3) is 0 Å². The second kappa shape index (κ2) is 17.1. The van der Waals surface area contributed by atoms with E-state index in [9.17, 15) is 29.1 Å². The topological polar surface area (TPSA) is 209 Å². The third-order valence-electron chi connectivity index (χ3n) is 13.1. The summed E-state index contributed by atoms with van der Waals surface area (Å²) in [6.07, 6.45) is -11.5. The van der Waals surface area contributed by atoms with Gasteiger partial charge in [-0.15, -0.1) is 0 Å². The quantitative estimate of drug-likeness (QED) is 0.0834. The summed E-state index contributed by atoms with van der Waals surface area (Å²) in [6.45, 7) is 4.92. The molecule has 0 radical (unpaired) electrons. The molecular formula is C41H44Cl6O16. The maximum atomic E-state index is 16.0. The first kappa shape index (κ1) is 48.1. The summed E-state index contributed by atoms with van der Waals surface area (Å²) in [4.78, 5) is 84.5. The molecule has 346 valence electrons. The fourth-order valence-corrected chi connectivity index (χ4v) is 10.2. The van der Waals surface area contributed by atoms with Crippen LogP contribution >= 0.6 is 69.6 Å². The Morgan fingerprint density at radius 1 is 0.873 bits per heavy atom. The second-order valence-electron chi connectivity index (χ2n) is 17.4. The van der Waals surface area contributed by atoms with Crippen LogP contribution < -0.4 is 0 Å². The van der Waals surface area contributed by atoms with Gasteiger partial charge < -0.3 is 47.7 Å². The van der Waals surface area contributed by atoms with Crippen molar-refractivity contribution in [1.82, 2.24) is 0 Å². The van der Waals surface area contributed by atoms with Crippen molar-refractivity contribution in [1.29, 1.82) is 0 Å². The maximum Gasteiger partial charge on any atom is 0.509 e. The van der Waals surface area contributed by atoms with Crippen molar-refractivity contribution in [3.05, 3.63) is 47.0 Å². The van der Waals surface area contributed by atoms with E-state index in [2.05, 4.69) is 0 Å². The minimum atomic E-state index is -2.45. The van der Waals surface area contributed by atoms with Crippen molar-refractivity contribution in [2.75, 3.05) is 19.8 Å². The number of alkyl halides is 6. The predicted molar refractivity (Wildman–Crippen MR) is 221 cm³/mol. The molecule has 1 N–H and O–H groups in total. The van der Waals surface area contributed by atoms with Crippen LogP contribution in [0.1, 0.15) is 70.7 Å². The first-order valence-corrected chi connectivity index (χ1v) is 22.2. The number of Topliss-reactive ketones (excluding diaryl/α,β-unsaturated/α-hetero) is 1. The molecule has 11 atom stereocenters. The third kappa shape index (κ3) is 9.19. The highest BCUT2D eigenvalue weighted by molar-refractivity contribution is 6.68. The van der Waals surface area contributed by atoms with E-state index in [1.54, 1.807) is 18.2 Å². The van der Waals surface area contributed by atoms with Crippen LogP contribution in [0.2, 0.25) is 0 Å². The summed E-state index contributed by atoms with van der Waals surface area (Å²) in [5.74, 6) is -5.17. The molecule has 5 fully saturated rings. The van der Waals surface area contributed by atoms with Crippen LogP contribution in [-0.4, -0.2) is 122 Å². The molecular weight excluding hydrogens is 961 g/mol. The van der Waals surface area contributed by atoms with E-state index in [1.807, 2.05) is 0 Å². The monoisotopic (exact) mass is 1000 g/mol. The first-order valence-electron chi connectivity index (χ1n) is 19.9. The van der Waals surface area contributed by atoms with Crippen LogP contribution in [0.15, 0.2) is 41.5 Å². The highest BCUT2D eigenvalue weighted by atomic mass is 35.6. The molecule has 1 aromatic rings. The van der Waals surface area contributed by atoms with Crippen LogP contribution in [0.25, 0.3) is 0 Å². The standard InChI is InChI=1S/C41H44Cl6O16/c1-18-22(58-33(51)28-26(60-28)20-11-12-20)14-39(54)31(62-32(50)21-9-7-6-8-10-21)29-37(5,30(49)27(25(18)36(39,3)4)61-35(53)57-17-41(45,46)47)23(59-34(52)56-16-40(42,43)44)13-24-38(29,15-55-24)63-19(2)48/h6-10,20,22-24,26-29,31,54H,11-17H2,1-5H3/t22-,23-,24+,26?,27?,28?,29-,31-,37+,38-,39+/m0/s1. The largest absolute Gasteiger partial charge is 0.509 e. The molecule has 0 spiro atoms. The minimum Gasteiger partial charge on any atom is -0.456 e. The molecule has 7 rings (SSSR count). The summed E-state index contributed by atoms with van der Waals surface area (Å²) in [5, 5.41) is 13.8. The Hall–Kier alpha value is -2.80. The number of ether oxygens (including phenoxy) is 9. The first-order chi connectivity index (χ1) is 29.2. The van der Waals surface area contributed by atoms with E-state index in [0.717, 1.165) is 19.8 Å². The number of ketones is 1. The summed E-state index contributed by atoms with van der Waals surface area (Å²) in [6, 6.07) is 7.71. The SMILES string of the molecule is CC(=O)O[C@@]12CO[C@@H]1C[C@H](OC(=O)OCC(Cl)(Cl)Cl)[C@@]1(C)C(=O)C(OC(=O)OCC(Cl)(Cl)Cl)C3=C(C)[C@@H](OC(=O)C4OC4C4CC4)C[C@@](O)([C@@H](OC(=O)c4ccccc4)[C@H]21)C3(C)C. The molecule has 3 saturated carbocycles. The van der Waals surface area contributed by atoms with Crippen molar-refractivity contribution >= 4 is 106 Å². The van der Waals surface area contributed by atoms with Gasteiger partial charge in [0.05, 0.1) is 29.6 Å². The number of halogens is 6. The van der Waals surface area contributed by atoms with Crippen LogP contribution in [0.4, 0.5) is 9.59 Å². The van der Waals surface area contributed by atoms with Gasteiger partial charge in [0.1, 0.15) is 43.2 Å². The van der Waals surface area contributed by atoms with Gasteiger partial charge in [-0.1, -0.05) is 102 Å². The average molecular weight is 1010 g/mol. The van der Waals surface area contributed by atoms with Crippen molar-refractivity contribution < 1.29 is 76.5 Å². The van der Waals surface area contributed by atoms with Gasteiger partial charge in [-0.25, -0.2) is 19.2 Å². The van der Waals surface area contributed by atoms with E-state index in [0.29, 0.717) is 0 Å². The Bertz CT molecular complexity index is 2070. The Labute approximate surface area is 391 Å². The highest BCUT2D eigenvalue weighted by Gasteiger charge is 2.79. The van der Waals surface area contributed by atoms with Crippen molar-refractivity contribution in [3.63, 3.8) is 0 Å². The lowest BCUT2D eigenvalue weighted by Gasteiger charge is -2.67. The van der Waals surface area contributed by atoms with E-state index >= 15 is 4.79 Å². The minimum absolute atomic E-state index is 0.0245. The van der Waals surface area contributed by atoms with Crippen molar-refractivity contribution in [3.8, 4) is 0 Å². The summed E-state index contributed by atoms with van der Waals surface area (Å²) in [7, 11) is 0. The molecule has 2 heterocycles. The van der Waals surface area contributed by atoms with Gasteiger partial charge in [-0.05, 0) is 55.9 Å². The number of esters is 3. The van der Waals surface area contributed by atoms with E-state index < -0.39 is 134 Å². The Morgan fingerprint density at radius 3 is 2.02 bits per heavy atom. The lowest BCUT2D eigenvalue weighted by Crippen LogP contribution is -2.82. The molecule has 16 nitrogen and oxygen atoms in total. The van der Waals surface area contributed by atoms with E-state index in [1.165, 1.54) is 39.8 Å². The average Bonchev–Trinajstić information content (AvgIpc) is 4.11. The zero-order valence-corrected chi connectivity index (χ0v) is 38.9. The van der Waals surface area contributed by atoms with E-state index in [-0.39, 0.29) is 35.2 Å². The number of aliphatic hydroxyl groups is 1. The van der Waals surface area contributed by atoms with Crippen LogP contribution in [0.3, 0.4) is 0 Å². The lowest BCUT2D eigenvalue weighted by atomic mass is 9.44. The van der Waals surface area contributed by atoms with Gasteiger partial charge in [0.2, 0.25) is 7.59 Å². The zero-order chi connectivity index (χ0) is 46.2. The molecule has 4 aliphatic carbocycles. The fourth-order valence-electron chi connectivity index (χ4n) is 9.87. The predicted octanol–water partition coefficient (Wildman–Crippen LogP) is 6.87. The third-order valence-corrected chi connectivity index (χ3v) is 13.8. The van der Waals surface area contributed by atoms with Crippen LogP contribution in [-0.2, 0) is 57.0 Å². The number of hydrogen-bond acceptors (Lipinski definition) is 16. The molecule has 63 heavy (non-hydrogen) atoms. The van der Waals surface area contributed by atoms with Crippen molar-refractivity contribution in [2.24, 2.45) is 22.7 Å². The number of carbonyl (C=O) groups excluding carboxylic acids is 6. The van der Waals surface area contributed by atoms with Crippen LogP contribution in [0, 0.1) is 22.7 Å². The summed E-state index contributed by atoms with van der Waals surface area (Å²) >= 11 is 35.2. The van der Waals surface area contributed by atoms with Gasteiger partial charge in [-0.2, -0.15) is 0 Å². The summed E-state index contributed by atoms with van der Waals surface area (Å²) < 4.78 is 48.1. The van der Waals surface area contributed by atoms with Crippen molar-refractivity contribution in [2.45, 2.75) is 122 Å². The number of fused-ring (bicyclic) bond motifs is 5. The number of rotatable bonds is 10. The van der Waals surface area contributed by atoms with Gasteiger partial charge >= 0.3 is 30.2 Å². The number of carbonyl (C=O) groups is 6. The maximum absolute atomic E-state index is 16.0. The molecule has 0 amide bonds. The Morgan fingerprint density at radius 2 is 1.48 bits per heavy atom. The molecule has 6 aliphatic rings. The Balaban J connectivity index is 1.45. The molecule has 3 unspecified atom stereocenters.